The van der Waals surface area contributed by atoms with Crippen LogP contribution in [-0.4, -0.2) is 84.8 Å². The summed E-state index contributed by atoms with van der Waals surface area (Å²) in [7, 11) is 1.65. The molecule has 0 bridgehead atoms. The van der Waals surface area contributed by atoms with Crippen molar-refractivity contribution >= 4 is 5.91 Å². The maximum atomic E-state index is 13.5. The van der Waals surface area contributed by atoms with Crippen LogP contribution in [0.3, 0.4) is 0 Å². The average molecular weight is 601 g/mol. The standard InChI is InChI=1S/C36H44N2O6/c1-24(39)36(4)23-38(34(40)32-22-42-35(2,3)44-32)21-29(36)27-16-17-30(41-5)31(18-27)43-28-19-37(20-28)33(25-12-8-6-9-13-25)26-14-10-7-11-15-26/h6-18,24,28-29,32-33,39H,19-23H2,1-5H3/t24-,29-,32+,36+/m1/s1. The topological polar surface area (TPSA) is 80.7 Å². The summed E-state index contributed by atoms with van der Waals surface area (Å²) in [6, 6.07) is 27.3. The van der Waals surface area contributed by atoms with Gasteiger partial charge in [-0.25, -0.2) is 0 Å². The number of carbonyl (C=O) groups excluding carboxylic acids is 1. The number of rotatable bonds is 9. The van der Waals surface area contributed by atoms with Gasteiger partial charge in [-0.15, -0.1) is 0 Å². The molecule has 3 fully saturated rings. The normalized spacial score (nSPS) is 26.0. The minimum absolute atomic E-state index is 0.00162. The number of hydrogen-bond donors (Lipinski definition) is 1. The third-order valence-corrected chi connectivity index (χ3v) is 9.64. The molecule has 234 valence electrons. The SMILES string of the molecule is COc1ccc([C@H]2CN(C(=O)[C@@H]3COC(C)(C)O3)C[C@@]2(C)[C@@H](C)O)cc1OC1CN(C(c2ccccc2)c2ccccc2)C1. The van der Waals surface area contributed by atoms with E-state index in [0.717, 1.165) is 18.7 Å². The van der Waals surface area contributed by atoms with E-state index in [1.165, 1.54) is 11.1 Å². The highest BCUT2D eigenvalue weighted by Crippen LogP contribution is 2.47. The van der Waals surface area contributed by atoms with E-state index in [1.807, 2.05) is 56.0 Å². The average Bonchev–Trinajstić information content (AvgIpc) is 3.56. The van der Waals surface area contributed by atoms with Gasteiger partial charge in [-0.1, -0.05) is 73.7 Å². The monoisotopic (exact) mass is 600 g/mol. The Kier molecular flexibility index (Phi) is 8.46. The predicted octanol–water partition coefficient (Wildman–Crippen LogP) is 5.01. The lowest BCUT2D eigenvalue weighted by Crippen LogP contribution is -2.55. The van der Waals surface area contributed by atoms with Crippen molar-refractivity contribution in [3.8, 4) is 11.5 Å². The van der Waals surface area contributed by atoms with E-state index >= 15 is 0 Å². The van der Waals surface area contributed by atoms with E-state index in [0.29, 0.717) is 24.6 Å². The maximum absolute atomic E-state index is 13.5. The van der Waals surface area contributed by atoms with Crippen molar-refractivity contribution in [1.29, 1.82) is 0 Å². The van der Waals surface area contributed by atoms with Crippen molar-refractivity contribution in [1.82, 2.24) is 9.80 Å². The van der Waals surface area contributed by atoms with E-state index in [1.54, 1.807) is 14.0 Å². The molecule has 0 unspecified atom stereocenters. The lowest BCUT2D eigenvalue weighted by Gasteiger charge is -2.44. The van der Waals surface area contributed by atoms with Gasteiger partial charge in [-0.3, -0.25) is 9.69 Å². The summed E-state index contributed by atoms with van der Waals surface area (Å²) in [6.45, 7) is 10.2. The molecule has 6 rings (SSSR count). The first-order valence-electron chi connectivity index (χ1n) is 15.5. The lowest BCUT2D eigenvalue weighted by atomic mass is 9.72. The molecule has 3 aromatic carbocycles. The van der Waals surface area contributed by atoms with Crippen molar-refractivity contribution in [2.24, 2.45) is 5.41 Å². The minimum atomic E-state index is -0.783. The van der Waals surface area contributed by atoms with Crippen molar-refractivity contribution in [2.75, 3.05) is 39.9 Å². The molecule has 3 aliphatic heterocycles. The van der Waals surface area contributed by atoms with Crippen LogP contribution in [0, 0.1) is 5.41 Å². The quantitative estimate of drug-likeness (QED) is 0.370. The van der Waals surface area contributed by atoms with Crippen molar-refractivity contribution in [3.63, 3.8) is 0 Å². The number of amides is 1. The Labute approximate surface area is 260 Å². The molecular weight excluding hydrogens is 556 g/mol. The molecule has 0 radical (unpaired) electrons. The second-order valence-electron chi connectivity index (χ2n) is 13.1. The summed E-state index contributed by atoms with van der Waals surface area (Å²) < 4.78 is 23.8. The van der Waals surface area contributed by atoms with Crippen molar-refractivity contribution < 1.29 is 28.8 Å². The number of aliphatic hydroxyl groups is 1. The van der Waals surface area contributed by atoms with Crippen LogP contribution in [0.5, 0.6) is 11.5 Å². The number of ether oxygens (including phenoxy) is 4. The molecule has 1 amide bonds. The number of benzene rings is 3. The third-order valence-electron chi connectivity index (χ3n) is 9.64. The molecule has 3 aromatic rings. The molecule has 3 heterocycles. The molecule has 0 aromatic heterocycles. The van der Waals surface area contributed by atoms with E-state index in [2.05, 4.69) is 53.4 Å². The van der Waals surface area contributed by atoms with E-state index in [4.69, 9.17) is 18.9 Å². The molecule has 0 spiro atoms. The fourth-order valence-electron chi connectivity index (χ4n) is 6.93. The summed E-state index contributed by atoms with van der Waals surface area (Å²) >= 11 is 0. The zero-order valence-corrected chi connectivity index (χ0v) is 26.3. The second-order valence-corrected chi connectivity index (χ2v) is 13.1. The molecule has 3 aliphatic rings. The number of hydrogen-bond acceptors (Lipinski definition) is 7. The summed E-state index contributed by atoms with van der Waals surface area (Å²) in [4.78, 5) is 17.7. The van der Waals surface area contributed by atoms with Gasteiger partial charge in [0.2, 0.25) is 0 Å². The van der Waals surface area contributed by atoms with Gasteiger partial charge < -0.3 is 29.0 Å². The summed E-state index contributed by atoms with van der Waals surface area (Å²) in [6.07, 6.45) is -1.28. The van der Waals surface area contributed by atoms with Crippen LogP contribution >= 0.6 is 0 Å². The van der Waals surface area contributed by atoms with Crippen LogP contribution in [0.2, 0.25) is 0 Å². The van der Waals surface area contributed by atoms with E-state index in [9.17, 15) is 9.90 Å². The smallest absolute Gasteiger partial charge is 0.254 e. The molecule has 8 nitrogen and oxygen atoms in total. The molecule has 1 N–H and O–H groups in total. The fourth-order valence-corrected chi connectivity index (χ4v) is 6.93. The highest BCUT2D eigenvalue weighted by atomic mass is 16.7. The van der Waals surface area contributed by atoms with Crippen molar-refractivity contribution in [3.05, 3.63) is 95.6 Å². The van der Waals surface area contributed by atoms with Crippen LogP contribution in [0.15, 0.2) is 78.9 Å². The summed E-state index contributed by atoms with van der Waals surface area (Å²) in [5, 5.41) is 11.0. The number of likely N-dealkylation sites (tertiary alicyclic amines) is 2. The summed E-state index contributed by atoms with van der Waals surface area (Å²) in [5.41, 5.74) is 2.97. The third kappa shape index (κ3) is 5.96. The van der Waals surface area contributed by atoms with Crippen LogP contribution in [-0.2, 0) is 14.3 Å². The zero-order valence-electron chi connectivity index (χ0n) is 26.3. The number of carbonyl (C=O) groups is 1. The van der Waals surface area contributed by atoms with Gasteiger partial charge in [0.15, 0.2) is 23.4 Å². The Hall–Kier alpha value is -3.43. The van der Waals surface area contributed by atoms with Gasteiger partial charge >= 0.3 is 0 Å². The van der Waals surface area contributed by atoms with Gasteiger partial charge in [-0.2, -0.15) is 0 Å². The van der Waals surface area contributed by atoms with Gasteiger partial charge in [0, 0.05) is 37.5 Å². The highest BCUT2D eigenvalue weighted by Gasteiger charge is 2.51. The molecule has 3 saturated heterocycles. The maximum Gasteiger partial charge on any atom is 0.254 e. The van der Waals surface area contributed by atoms with Crippen LogP contribution < -0.4 is 9.47 Å². The molecule has 0 aliphatic carbocycles. The highest BCUT2D eigenvalue weighted by molar-refractivity contribution is 5.82. The Morgan fingerprint density at radius 3 is 2.11 bits per heavy atom. The van der Waals surface area contributed by atoms with Gasteiger partial charge in [0.25, 0.3) is 5.91 Å². The molecule has 44 heavy (non-hydrogen) atoms. The molecular formula is C36H44N2O6. The lowest BCUT2D eigenvalue weighted by molar-refractivity contribution is -0.159. The van der Waals surface area contributed by atoms with Crippen LogP contribution in [0.25, 0.3) is 0 Å². The van der Waals surface area contributed by atoms with Crippen molar-refractivity contribution in [2.45, 2.75) is 63.8 Å². The molecule has 8 heteroatoms. The van der Waals surface area contributed by atoms with Crippen LogP contribution in [0.4, 0.5) is 0 Å². The second kappa shape index (κ2) is 12.2. The Morgan fingerprint density at radius 1 is 0.932 bits per heavy atom. The van der Waals surface area contributed by atoms with Gasteiger partial charge in [0.05, 0.1) is 25.9 Å². The Balaban J connectivity index is 1.19. The zero-order chi connectivity index (χ0) is 31.1. The molecule has 4 atom stereocenters. The van der Waals surface area contributed by atoms with E-state index < -0.39 is 23.4 Å². The minimum Gasteiger partial charge on any atom is -0.493 e. The molecule has 0 saturated carbocycles. The predicted molar refractivity (Wildman–Crippen MR) is 168 cm³/mol. The number of aliphatic hydroxyl groups excluding tert-OH is 1. The number of nitrogens with zero attached hydrogens (tertiary/aromatic N) is 2. The Bertz CT molecular complexity index is 1400. The van der Waals surface area contributed by atoms with Gasteiger partial charge in [-0.05, 0) is 49.6 Å². The number of methoxy groups -OCH3 is 1. The fraction of sp³-hybridized carbons (Fsp3) is 0.472. The Morgan fingerprint density at radius 2 is 1.57 bits per heavy atom. The van der Waals surface area contributed by atoms with Gasteiger partial charge in [0.1, 0.15) is 6.10 Å². The first kappa shape index (κ1) is 30.6. The summed E-state index contributed by atoms with van der Waals surface area (Å²) in [5.74, 6) is 0.356. The first-order chi connectivity index (χ1) is 21.1. The first-order valence-corrected chi connectivity index (χ1v) is 15.5. The van der Waals surface area contributed by atoms with E-state index in [-0.39, 0.29) is 30.6 Å². The van der Waals surface area contributed by atoms with Crippen LogP contribution in [0.1, 0.15) is 56.3 Å². The largest absolute Gasteiger partial charge is 0.493 e.